The van der Waals surface area contributed by atoms with Gasteiger partial charge in [0.2, 0.25) is 0 Å². The summed E-state index contributed by atoms with van der Waals surface area (Å²) in [4.78, 5) is 26.8. The van der Waals surface area contributed by atoms with E-state index in [0.29, 0.717) is 11.8 Å². The molecule has 4 heteroatoms. The molecular weight excluding hydrogens is 288 g/mol. The second kappa shape index (κ2) is 6.03. The molecule has 0 unspecified atom stereocenters. The average molecular weight is 310 g/mol. The fourth-order valence-corrected chi connectivity index (χ4v) is 3.19. The van der Waals surface area contributed by atoms with Gasteiger partial charge in [-0.2, -0.15) is 0 Å². The van der Waals surface area contributed by atoms with E-state index in [1.165, 1.54) is 11.1 Å². The highest BCUT2D eigenvalue weighted by Crippen LogP contribution is 2.49. The van der Waals surface area contributed by atoms with Crippen molar-refractivity contribution in [2.75, 3.05) is 0 Å². The number of carbonyl (C=O) groups is 1. The Kier molecular flexibility index (Phi) is 4.07. The predicted octanol–water partition coefficient (Wildman–Crippen LogP) is 2.91. The third-order valence-electron chi connectivity index (χ3n) is 4.61. The van der Waals surface area contributed by atoms with E-state index in [9.17, 15) is 9.59 Å². The highest BCUT2D eigenvalue weighted by Gasteiger charge is 2.42. The Morgan fingerprint density at radius 2 is 2.04 bits per heavy atom. The monoisotopic (exact) mass is 310 g/mol. The van der Waals surface area contributed by atoms with Crippen LogP contribution in [0.1, 0.15) is 46.4 Å². The number of rotatable bonds is 4. The Morgan fingerprint density at radius 3 is 2.74 bits per heavy atom. The number of carbonyl (C=O) groups excluding carboxylic acids is 1. The lowest BCUT2D eigenvalue weighted by atomic mass is 10.0. The van der Waals surface area contributed by atoms with Crippen LogP contribution in [0, 0.1) is 19.8 Å². The molecular formula is C19H22N2O2. The van der Waals surface area contributed by atoms with Crippen molar-refractivity contribution in [3.63, 3.8) is 0 Å². The van der Waals surface area contributed by atoms with Crippen molar-refractivity contribution in [1.82, 2.24) is 10.3 Å². The second-order valence-corrected chi connectivity index (χ2v) is 6.57. The maximum absolute atomic E-state index is 12.3. The molecule has 3 rings (SSSR count). The number of aromatic nitrogens is 1. The van der Waals surface area contributed by atoms with Gasteiger partial charge in [0.1, 0.15) is 5.56 Å². The van der Waals surface area contributed by atoms with Gasteiger partial charge in [0, 0.05) is 11.7 Å². The Hall–Kier alpha value is -2.36. The molecule has 23 heavy (non-hydrogen) atoms. The van der Waals surface area contributed by atoms with Gasteiger partial charge >= 0.3 is 0 Å². The molecule has 0 aliphatic heterocycles. The molecule has 1 aromatic carbocycles. The lowest BCUT2D eigenvalue weighted by Gasteiger charge is -2.14. The standard InChI is InChI=1S/C19H22N2O2/c1-11-5-4-6-14(9-11)17-10-16(17)13(3)21-19(23)15-8-7-12(2)20-18(15)22/h4-9,13,16-17H,10H2,1-3H3,(H,20,22)(H,21,23)/t13-,16-,17+/m1/s1. The first-order chi connectivity index (χ1) is 11.0. The van der Waals surface area contributed by atoms with Crippen molar-refractivity contribution in [3.8, 4) is 0 Å². The lowest BCUT2D eigenvalue weighted by Crippen LogP contribution is -2.37. The molecule has 0 spiro atoms. The van der Waals surface area contributed by atoms with E-state index >= 15 is 0 Å². The molecule has 0 bridgehead atoms. The van der Waals surface area contributed by atoms with Crippen molar-refractivity contribution >= 4 is 5.91 Å². The minimum Gasteiger partial charge on any atom is -0.349 e. The van der Waals surface area contributed by atoms with Gasteiger partial charge in [0.25, 0.3) is 11.5 Å². The zero-order valence-electron chi connectivity index (χ0n) is 13.7. The van der Waals surface area contributed by atoms with Gasteiger partial charge in [-0.1, -0.05) is 29.8 Å². The number of amides is 1. The minimum atomic E-state index is -0.333. The molecule has 1 saturated carbocycles. The van der Waals surface area contributed by atoms with Crippen molar-refractivity contribution < 1.29 is 4.79 Å². The van der Waals surface area contributed by atoms with Crippen LogP contribution in [0.4, 0.5) is 0 Å². The predicted molar refractivity (Wildman–Crippen MR) is 90.8 cm³/mol. The van der Waals surface area contributed by atoms with Crippen LogP contribution >= 0.6 is 0 Å². The van der Waals surface area contributed by atoms with Crippen molar-refractivity contribution in [3.05, 3.63) is 69.1 Å². The zero-order valence-corrected chi connectivity index (χ0v) is 13.7. The van der Waals surface area contributed by atoms with Crippen LogP contribution in [0.25, 0.3) is 0 Å². The molecule has 1 fully saturated rings. The summed E-state index contributed by atoms with van der Waals surface area (Å²) in [5.41, 5.74) is 3.19. The van der Waals surface area contributed by atoms with Gasteiger partial charge in [-0.05, 0) is 56.7 Å². The summed E-state index contributed by atoms with van der Waals surface area (Å²) >= 11 is 0. The third-order valence-corrected chi connectivity index (χ3v) is 4.61. The van der Waals surface area contributed by atoms with Crippen LogP contribution < -0.4 is 10.9 Å². The molecule has 3 atom stereocenters. The van der Waals surface area contributed by atoms with Crippen LogP contribution in [-0.4, -0.2) is 16.9 Å². The maximum Gasteiger partial charge on any atom is 0.260 e. The second-order valence-electron chi connectivity index (χ2n) is 6.57. The SMILES string of the molecule is Cc1cccc([C@@H]2C[C@@H]2[C@@H](C)NC(=O)c2ccc(C)[nH]c2=O)c1. The van der Waals surface area contributed by atoms with E-state index in [2.05, 4.69) is 41.5 Å². The molecule has 0 radical (unpaired) electrons. The summed E-state index contributed by atoms with van der Waals surface area (Å²) in [6, 6.07) is 11.9. The fourth-order valence-electron chi connectivity index (χ4n) is 3.19. The molecule has 1 aromatic heterocycles. The zero-order chi connectivity index (χ0) is 16.6. The van der Waals surface area contributed by atoms with Gasteiger partial charge in [-0.15, -0.1) is 0 Å². The van der Waals surface area contributed by atoms with Crippen LogP contribution in [0.15, 0.2) is 41.2 Å². The molecule has 4 nitrogen and oxygen atoms in total. The number of hydrogen-bond acceptors (Lipinski definition) is 2. The molecule has 2 N–H and O–H groups in total. The number of hydrogen-bond donors (Lipinski definition) is 2. The van der Waals surface area contributed by atoms with Crippen molar-refractivity contribution in [2.24, 2.45) is 5.92 Å². The summed E-state index contributed by atoms with van der Waals surface area (Å²) < 4.78 is 0. The van der Waals surface area contributed by atoms with Gasteiger partial charge in [0.05, 0.1) is 0 Å². The highest BCUT2D eigenvalue weighted by molar-refractivity contribution is 5.94. The van der Waals surface area contributed by atoms with Crippen molar-refractivity contribution in [1.29, 1.82) is 0 Å². The maximum atomic E-state index is 12.3. The average Bonchev–Trinajstić information content (AvgIpc) is 3.27. The normalized spacial score (nSPS) is 20.8. The number of nitrogens with one attached hydrogen (secondary N) is 2. The summed E-state index contributed by atoms with van der Waals surface area (Å²) in [6.45, 7) is 5.90. The lowest BCUT2D eigenvalue weighted by molar-refractivity contribution is 0.0934. The number of aromatic amines is 1. The summed E-state index contributed by atoms with van der Waals surface area (Å²) in [7, 11) is 0. The first-order valence-electron chi connectivity index (χ1n) is 8.03. The van der Waals surface area contributed by atoms with E-state index in [0.717, 1.165) is 12.1 Å². The van der Waals surface area contributed by atoms with Crippen LogP contribution in [-0.2, 0) is 0 Å². The van der Waals surface area contributed by atoms with Gasteiger partial charge < -0.3 is 10.3 Å². The molecule has 0 saturated heterocycles. The van der Waals surface area contributed by atoms with Crippen LogP contribution in [0.3, 0.4) is 0 Å². The molecule has 1 aliphatic rings. The Labute approximate surface area is 135 Å². The van der Waals surface area contributed by atoms with Crippen LogP contribution in [0.2, 0.25) is 0 Å². The smallest absolute Gasteiger partial charge is 0.260 e. The number of benzene rings is 1. The topological polar surface area (TPSA) is 62.0 Å². The first-order valence-corrected chi connectivity index (χ1v) is 8.03. The minimum absolute atomic E-state index is 0.0497. The molecule has 2 aromatic rings. The molecule has 1 aliphatic carbocycles. The number of aryl methyl sites for hydroxylation is 2. The van der Waals surface area contributed by atoms with Gasteiger partial charge in [-0.3, -0.25) is 9.59 Å². The van der Waals surface area contributed by atoms with E-state index in [-0.39, 0.29) is 23.1 Å². The molecule has 1 heterocycles. The van der Waals surface area contributed by atoms with Gasteiger partial charge in [0.15, 0.2) is 0 Å². The molecule has 1 amide bonds. The molecule has 120 valence electrons. The van der Waals surface area contributed by atoms with Gasteiger partial charge in [-0.25, -0.2) is 0 Å². The highest BCUT2D eigenvalue weighted by atomic mass is 16.2. The third kappa shape index (κ3) is 3.36. The largest absolute Gasteiger partial charge is 0.349 e. The summed E-state index contributed by atoms with van der Waals surface area (Å²) in [5.74, 6) is 0.639. The Morgan fingerprint density at radius 1 is 1.26 bits per heavy atom. The quantitative estimate of drug-likeness (QED) is 0.912. The van der Waals surface area contributed by atoms with E-state index in [1.54, 1.807) is 19.1 Å². The van der Waals surface area contributed by atoms with E-state index in [1.807, 2.05) is 6.92 Å². The fraction of sp³-hybridized carbons (Fsp3) is 0.368. The van der Waals surface area contributed by atoms with E-state index < -0.39 is 0 Å². The number of H-pyrrole nitrogens is 1. The van der Waals surface area contributed by atoms with E-state index in [4.69, 9.17) is 0 Å². The Balaban J connectivity index is 1.65. The van der Waals surface area contributed by atoms with Crippen molar-refractivity contribution in [2.45, 2.75) is 39.2 Å². The first kappa shape index (κ1) is 15.5. The summed E-state index contributed by atoms with van der Waals surface area (Å²) in [6.07, 6.45) is 1.08. The summed E-state index contributed by atoms with van der Waals surface area (Å²) in [5, 5.41) is 2.97. The number of pyridine rings is 1. The van der Waals surface area contributed by atoms with Crippen LogP contribution in [0.5, 0.6) is 0 Å². The Bertz CT molecular complexity index is 794.